The minimum absolute atomic E-state index is 0.140. The van der Waals surface area contributed by atoms with Crippen LogP contribution in [0.1, 0.15) is 17.2 Å². The zero-order valence-electron chi connectivity index (χ0n) is 11.1. The van der Waals surface area contributed by atoms with Crippen molar-refractivity contribution in [1.82, 2.24) is 15.0 Å². The molecule has 0 saturated heterocycles. The van der Waals surface area contributed by atoms with Gasteiger partial charge in [0.1, 0.15) is 5.82 Å². The van der Waals surface area contributed by atoms with E-state index >= 15 is 0 Å². The van der Waals surface area contributed by atoms with Crippen LogP contribution in [0.3, 0.4) is 0 Å². The largest absolute Gasteiger partial charge is 0.271 e. The highest BCUT2D eigenvalue weighted by Crippen LogP contribution is 2.24. The van der Waals surface area contributed by atoms with E-state index in [1.807, 2.05) is 30.5 Å². The summed E-state index contributed by atoms with van der Waals surface area (Å²) in [4.78, 5) is 0. The van der Waals surface area contributed by atoms with Crippen LogP contribution in [0.25, 0.3) is 5.52 Å². The zero-order chi connectivity index (χ0) is 14.8. The van der Waals surface area contributed by atoms with Crippen molar-refractivity contribution < 1.29 is 4.39 Å². The molecule has 0 aliphatic rings. The molecule has 3 N–H and O–H groups in total. The van der Waals surface area contributed by atoms with Crippen molar-refractivity contribution >= 4 is 21.4 Å². The molecule has 1 unspecified atom stereocenters. The second kappa shape index (κ2) is 5.93. The monoisotopic (exact) mass is 348 g/mol. The first-order valence-corrected chi connectivity index (χ1v) is 7.30. The standard InChI is InChI=1S/C15H14BrFN4/c16-11-5-10(6-12(17)8-11)7-14(20-18)13-9-19-21-4-2-1-3-15(13)21/h1-6,8-9,14,20H,7,18H2. The van der Waals surface area contributed by atoms with E-state index in [4.69, 9.17) is 5.84 Å². The lowest BCUT2D eigenvalue weighted by Crippen LogP contribution is -2.29. The predicted molar refractivity (Wildman–Crippen MR) is 83.1 cm³/mol. The number of nitrogens with two attached hydrogens (primary N) is 1. The molecule has 0 spiro atoms. The van der Waals surface area contributed by atoms with Crippen molar-refractivity contribution in [1.29, 1.82) is 0 Å². The van der Waals surface area contributed by atoms with E-state index in [1.54, 1.807) is 10.7 Å². The molecule has 4 nitrogen and oxygen atoms in total. The molecule has 0 amide bonds. The summed E-state index contributed by atoms with van der Waals surface area (Å²) in [6.45, 7) is 0. The Hall–Kier alpha value is -1.76. The van der Waals surface area contributed by atoms with E-state index in [1.165, 1.54) is 12.1 Å². The lowest BCUT2D eigenvalue weighted by atomic mass is 10.0. The molecule has 1 aromatic carbocycles. The Morgan fingerprint density at radius 2 is 2.19 bits per heavy atom. The van der Waals surface area contributed by atoms with E-state index in [2.05, 4.69) is 26.5 Å². The number of fused-ring (bicyclic) bond motifs is 1. The van der Waals surface area contributed by atoms with Crippen LogP contribution in [0.15, 0.2) is 53.3 Å². The number of benzene rings is 1. The van der Waals surface area contributed by atoms with Crippen molar-refractivity contribution in [3.8, 4) is 0 Å². The van der Waals surface area contributed by atoms with E-state index < -0.39 is 0 Å². The Morgan fingerprint density at radius 1 is 1.33 bits per heavy atom. The number of nitrogens with zero attached hydrogens (tertiary/aromatic N) is 2. The Bertz CT molecular complexity index is 751. The topological polar surface area (TPSA) is 55.3 Å². The molecule has 0 bridgehead atoms. The van der Waals surface area contributed by atoms with Crippen LogP contribution in [0.5, 0.6) is 0 Å². The smallest absolute Gasteiger partial charge is 0.124 e. The average Bonchev–Trinajstić information content (AvgIpc) is 2.87. The summed E-state index contributed by atoms with van der Waals surface area (Å²) >= 11 is 3.31. The van der Waals surface area contributed by atoms with Crippen molar-refractivity contribution in [2.24, 2.45) is 5.84 Å². The molecule has 108 valence electrons. The maximum atomic E-state index is 13.5. The molecule has 3 rings (SSSR count). The molecule has 2 heterocycles. The van der Waals surface area contributed by atoms with Gasteiger partial charge in [-0.1, -0.05) is 22.0 Å². The van der Waals surface area contributed by atoms with Gasteiger partial charge in [0.15, 0.2) is 0 Å². The molecule has 21 heavy (non-hydrogen) atoms. The molecular weight excluding hydrogens is 335 g/mol. The Kier molecular flexibility index (Phi) is 4.01. The van der Waals surface area contributed by atoms with E-state index in [9.17, 15) is 4.39 Å². The highest BCUT2D eigenvalue weighted by Gasteiger charge is 2.16. The van der Waals surface area contributed by atoms with Gasteiger partial charge in [-0.2, -0.15) is 5.10 Å². The SMILES string of the molecule is NNC(Cc1cc(F)cc(Br)c1)c1cnn2ccccc12. The van der Waals surface area contributed by atoms with E-state index in [0.717, 1.165) is 16.6 Å². The molecular formula is C15H14BrFN4. The molecule has 1 atom stereocenters. The van der Waals surface area contributed by atoms with Gasteiger partial charge in [-0.15, -0.1) is 0 Å². The zero-order valence-corrected chi connectivity index (χ0v) is 12.7. The Labute approximate surface area is 129 Å². The maximum Gasteiger partial charge on any atom is 0.124 e. The van der Waals surface area contributed by atoms with E-state index in [-0.39, 0.29) is 11.9 Å². The van der Waals surface area contributed by atoms with Crippen LogP contribution < -0.4 is 11.3 Å². The van der Waals surface area contributed by atoms with Crippen molar-refractivity contribution in [2.45, 2.75) is 12.5 Å². The molecule has 3 aromatic rings. The number of hydrogen-bond acceptors (Lipinski definition) is 3. The fourth-order valence-electron chi connectivity index (χ4n) is 2.45. The number of nitrogens with one attached hydrogen (secondary N) is 1. The molecule has 6 heteroatoms. The fourth-order valence-corrected chi connectivity index (χ4v) is 2.96. The van der Waals surface area contributed by atoms with Gasteiger partial charge < -0.3 is 0 Å². The van der Waals surface area contributed by atoms with Crippen LogP contribution in [-0.2, 0) is 6.42 Å². The van der Waals surface area contributed by atoms with Gasteiger partial charge in [-0.05, 0) is 42.3 Å². The molecule has 0 aliphatic carbocycles. The molecule has 0 fully saturated rings. The minimum atomic E-state index is -0.269. The number of hydrazine groups is 1. The van der Waals surface area contributed by atoms with Gasteiger partial charge in [0.2, 0.25) is 0 Å². The van der Waals surface area contributed by atoms with Crippen molar-refractivity contribution in [3.63, 3.8) is 0 Å². The summed E-state index contributed by atoms with van der Waals surface area (Å²) in [7, 11) is 0. The third-order valence-electron chi connectivity index (χ3n) is 3.40. The van der Waals surface area contributed by atoms with Gasteiger partial charge in [-0.25, -0.2) is 8.91 Å². The first kappa shape index (κ1) is 14.2. The number of rotatable bonds is 4. The summed E-state index contributed by atoms with van der Waals surface area (Å²) in [6, 6.07) is 10.5. The molecule has 2 aromatic heterocycles. The van der Waals surface area contributed by atoms with Crippen LogP contribution in [0, 0.1) is 5.82 Å². The third-order valence-corrected chi connectivity index (χ3v) is 3.85. The van der Waals surface area contributed by atoms with Gasteiger partial charge in [0.25, 0.3) is 0 Å². The number of pyridine rings is 1. The first-order chi connectivity index (χ1) is 10.2. The van der Waals surface area contributed by atoms with Crippen molar-refractivity contribution in [2.75, 3.05) is 0 Å². The van der Waals surface area contributed by atoms with Crippen LogP contribution in [-0.4, -0.2) is 9.61 Å². The van der Waals surface area contributed by atoms with Gasteiger partial charge in [-0.3, -0.25) is 11.3 Å². The number of halogens is 2. The lowest BCUT2D eigenvalue weighted by molar-refractivity contribution is 0.551. The maximum absolute atomic E-state index is 13.5. The summed E-state index contributed by atoms with van der Waals surface area (Å²) in [5.74, 6) is 5.42. The van der Waals surface area contributed by atoms with Crippen LogP contribution >= 0.6 is 15.9 Å². The normalized spacial score (nSPS) is 12.7. The van der Waals surface area contributed by atoms with Crippen LogP contribution in [0.2, 0.25) is 0 Å². The summed E-state index contributed by atoms with van der Waals surface area (Å²) in [6.07, 6.45) is 4.24. The van der Waals surface area contributed by atoms with Gasteiger partial charge in [0.05, 0.1) is 17.8 Å². The minimum Gasteiger partial charge on any atom is -0.271 e. The number of hydrogen-bond donors (Lipinski definition) is 2. The fraction of sp³-hybridized carbons (Fsp3) is 0.133. The highest BCUT2D eigenvalue weighted by atomic mass is 79.9. The van der Waals surface area contributed by atoms with Gasteiger partial charge in [0, 0.05) is 16.2 Å². The highest BCUT2D eigenvalue weighted by molar-refractivity contribution is 9.10. The second-order valence-electron chi connectivity index (χ2n) is 4.83. The third kappa shape index (κ3) is 2.97. The molecule has 0 aliphatic heterocycles. The van der Waals surface area contributed by atoms with Crippen LogP contribution in [0.4, 0.5) is 4.39 Å². The summed E-state index contributed by atoms with van der Waals surface area (Å²) in [5.41, 5.74) is 5.62. The molecule has 0 saturated carbocycles. The quantitative estimate of drug-likeness (QED) is 0.562. The second-order valence-corrected chi connectivity index (χ2v) is 5.75. The lowest BCUT2D eigenvalue weighted by Gasteiger charge is -2.15. The number of aromatic nitrogens is 2. The van der Waals surface area contributed by atoms with E-state index in [0.29, 0.717) is 10.9 Å². The Morgan fingerprint density at radius 3 is 2.95 bits per heavy atom. The predicted octanol–water partition coefficient (Wildman–Crippen LogP) is 2.98. The average molecular weight is 349 g/mol. The summed E-state index contributed by atoms with van der Waals surface area (Å²) < 4.78 is 16.0. The summed E-state index contributed by atoms with van der Waals surface area (Å²) in [5, 5.41) is 4.30. The molecule has 0 radical (unpaired) electrons. The van der Waals surface area contributed by atoms with Gasteiger partial charge >= 0.3 is 0 Å². The van der Waals surface area contributed by atoms with Crippen molar-refractivity contribution in [3.05, 3.63) is 70.2 Å². The Balaban J connectivity index is 1.95. The first-order valence-electron chi connectivity index (χ1n) is 6.51.